The number of ether oxygens (including phenoxy) is 2. The number of hydrogen-bond acceptors (Lipinski definition) is 3. The maximum atomic E-state index is 11.3. The monoisotopic (exact) mass is 178 g/mol. The van der Waals surface area contributed by atoms with Gasteiger partial charge in [-0.05, 0) is 5.56 Å². The van der Waals surface area contributed by atoms with Gasteiger partial charge < -0.3 is 9.47 Å². The molecule has 3 heteroatoms. The van der Waals surface area contributed by atoms with Gasteiger partial charge in [0.2, 0.25) is 5.60 Å². The van der Waals surface area contributed by atoms with Crippen LogP contribution < -0.4 is 0 Å². The highest BCUT2D eigenvalue weighted by atomic mass is 16.6. The molecule has 1 aromatic carbocycles. The summed E-state index contributed by atoms with van der Waals surface area (Å²) in [7, 11) is 1.37. The molecule has 1 aromatic rings. The van der Waals surface area contributed by atoms with Crippen molar-refractivity contribution in [1.82, 2.24) is 0 Å². The van der Waals surface area contributed by atoms with E-state index in [-0.39, 0.29) is 5.97 Å². The fraction of sp³-hybridized carbons (Fsp3) is 0.300. The first-order valence-electron chi connectivity index (χ1n) is 4.07. The van der Waals surface area contributed by atoms with Gasteiger partial charge >= 0.3 is 5.97 Å². The van der Waals surface area contributed by atoms with Crippen molar-refractivity contribution in [2.45, 2.75) is 5.60 Å². The number of methoxy groups -OCH3 is 1. The van der Waals surface area contributed by atoms with E-state index in [9.17, 15) is 4.79 Å². The summed E-state index contributed by atoms with van der Waals surface area (Å²) in [5.41, 5.74) is 0.0533. The van der Waals surface area contributed by atoms with Crippen molar-refractivity contribution < 1.29 is 14.3 Å². The van der Waals surface area contributed by atoms with Gasteiger partial charge in [0.25, 0.3) is 0 Å². The molecule has 0 amide bonds. The molecule has 1 saturated heterocycles. The Morgan fingerprint density at radius 1 is 1.46 bits per heavy atom. The summed E-state index contributed by atoms with van der Waals surface area (Å²) >= 11 is 0. The van der Waals surface area contributed by atoms with Crippen molar-refractivity contribution in [1.29, 1.82) is 0 Å². The van der Waals surface area contributed by atoms with Crippen LogP contribution >= 0.6 is 0 Å². The minimum absolute atomic E-state index is 0.321. The van der Waals surface area contributed by atoms with Gasteiger partial charge in [-0.25, -0.2) is 4.79 Å². The van der Waals surface area contributed by atoms with Crippen LogP contribution in [0.1, 0.15) is 5.56 Å². The highest BCUT2D eigenvalue weighted by Crippen LogP contribution is 2.39. The van der Waals surface area contributed by atoms with Crippen LogP contribution in [-0.2, 0) is 19.9 Å². The average Bonchev–Trinajstić information content (AvgIpc) is 2.99. The maximum Gasteiger partial charge on any atom is 0.345 e. The molecule has 1 atom stereocenters. The highest BCUT2D eigenvalue weighted by molar-refractivity contribution is 5.84. The SMILES string of the molecule is COC(=O)[C@]1(c2ccccc2)CO1. The van der Waals surface area contributed by atoms with E-state index in [1.165, 1.54) is 7.11 Å². The zero-order valence-corrected chi connectivity index (χ0v) is 7.32. The predicted octanol–water partition coefficient (Wildman–Crippen LogP) is 1.09. The quantitative estimate of drug-likeness (QED) is 0.502. The van der Waals surface area contributed by atoms with Crippen molar-refractivity contribution >= 4 is 5.97 Å². The normalized spacial score (nSPS) is 25.3. The van der Waals surface area contributed by atoms with Crippen LogP contribution in [0.2, 0.25) is 0 Å². The van der Waals surface area contributed by atoms with E-state index < -0.39 is 5.60 Å². The number of esters is 1. The summed E-state index contributed by atoms with van der Waals surface area (Å²) in [5, 5.41) is 0. The molecule has 0 aliphatic carbocycles. The van der Waals surface area contributed by atoms with Crippen LogP contribution in [0.3, 0.4) is 0 Å². The van der Waals surface area contributed by atoms with E-state index >= 15 is 0 Å². The zero-order valence-electron chi connectivity index (χ0n) is 7.32. The van der Waals surface area contributed by atoms with Crippen LogP contribution in [-0.4, -0.2) is 19.7 Å². The molecule has 0 unspecified atom stereocenters. The molecule has 1 heterocycles. The Labute approximate surface area is 76.3 Å². The lowest BCUT2D eigenvalue weighted by Crippen LogP contribution is -2.23. The molecule has 1 aliphatic rings. The molecule has 0 saturated carbocycles. The second-order valence-electron chi connectivity index (χ2n) is 2.97. The molecule has 3 nitrogen and oxygen atoms in total. The van der Waals surface area contributed by atoms with Gasteiger partial charge in [-0.1, -0.05) is 30.3 Å². The van der Waals surface area contributed by atoms with Gasteiger partial charge in [0.15, 0.2) is 0 Å². The minimum Gasteiger partial charge on any atom is -0.467 e. The summed E-state index contributed by atoms with van der Waals surface area (Å²) in [6.07, 6.45) is 0. The number of benzene rings is 1. The Bertz CT molecular complexity index is 314. The summed E-state index contributed by atoms with van der Waals surface area (Å²) in [6.45, 7) is 0.420. The topological polar surface area (TPSA) is 38.8 Å². The lowest BCUT2D eigenvalue weighted by Gasteiger charge is -2.08. The Morgan fingerprint density at radius 3 is 2.54 bits per heavy atom. The second-order valence-corrected chi connectivity index (χ2v) is 2.97. The first-order valence-corrected chi connectivity index (χ1v) is 4.07. The van der Waals surface area contributed by atoms with Crippen molar-refractivity contribution in [3.8, 4) is 0 Å². The zero-order chi connectivity index (χ0) is 9.31. The standard InChI is InChI=1S/C10H10O3/c1-12-9(11)10(7-13-10)8-5-3-2-4-6-8/h2-6H,7H2,1H3/t10-/m1/s1. The van der Waals surface area contributed by atoms with Crippen LogP contribution in [0.15, 0.2) is 30.3 Å². The predicted molar refractivity (Wildman–Crippen MR) is 46.1 cm³/mol. The van der Waals surface area contributed by atoms with Gasteiger partial charge in [-0.2, -0.15) is 0 Å². The van der Waals surface area contributed by atoms with Gasteiger partial charge in [-0.3, -0.25) is 0 Å². The van der Waals surface area contributed by atoms with Crippen LogP contribution in [0.25, 0.3) is 0 Å². The van der Waals surface area contributed by atoms with Crippen molar-refractivity contribution in [3.05, 3.63) is 35.9 Å². The van der Waals surface area contributed by atoms with Crippen LogP contribution in [0.5, 0.6) is 0 Å². The number of carbonyl (C=O) groups excluding carboxylic acids is 1. The third kappa shape index (κ3) is 1.21. The Morgan fingerprint density at radius 2 is 2.08 bits per heavy atom. The average molecular weight is 178 g/mol. The lowest BCUT2D eigenvalue weighted by molar-refractivity contribution is -0.147. The summed E-state index contributed by atoms with van der Waals surface area (Å²) in [4.78, 5) is 11.3. The molecule has 0 spiro atoms. The molecule has 68 valence electrons. The molecule has 1 fully saturated rings. The van der Waals surface area contributed by atoms with Gasteiger partial charge in [0.05, 0.1) is 13.7 Å². The summed E-state index contributed by atoms with van der Waals surface area (Å²) < 4.78 is 9.83. The minimum atomic E-state index is -0.810. The van der Waals surface area contributed by atoms with E-state index in [1.54, 1.807) is 0 Å². The second kappa shape index (κ2) is 2.85. The van der Waals surface area contributed by atoms with E-state index in [4.69, 9.17) is 4.74 Å². The number of carbonyl (C=O) groups is 1. The molecular weight excluding hydrogens is 168 g/mol. The van der Waals surface area contributed by atoms with Crippen LogP contribution in [0, 0.1) is 0 Å². The largest absolute Gasteiger partial charge is 0.467 e. The third-order valence-electron chi connectivity index (χ3n) is 2.19. The van der Waals surface area contributed by atoms with E-state index in [0.29, 0.717) is 6.61 Å². The smallest absolute Gasteiger partial charge is 0.345 e. The van der Waals surface area contributed by atoms with Crippen molar-refractivity contribution in [3.63, 3.8) is 0 Å². The van der Waals surface area contributed by atoms with Crippen molar-refractivity contribution in [2.24, 2.45) is 0 Å². The first kappa shape index (κ1) is 8.26. The fourth-order valence-corrected chi connectivity index (χ4v) is 1.35. The van der Waals surface area contributed by atoms with Crippen molar-refractivity contribution in [2.75, 3.05) is 13.7 Å². The van der Waals surface area contributed by atoms with E-state index in [1.807, 2.05) is 30.3 Å². The Kier molecular flexibility index (Phi) is 1.81. The number of epoxide rings is 1. The van der Waals surface area contributed by atoms with E-state index in [0.717, 1.165) is 5.56 Å². The van der Waals surface area contributed by atoms with Gasteiger partial charge in [0, 0.05) is 0 Å². The molecule has 0 bridgehead atoms. The highest BCUT2D eigenvalue weighted by Gasteiger charge is 2.55. The van der Waals surface area contributed by atoms with Gasteiger partial charge in [-0.15, -0.1) is 0 Å². The Hall–Kier alpha value is -1.35. The lowest BCUT2D eigenvalue weighted by atomic mass is 10.0. The third-order valence-corrected chi connectivity index (χ3v) is 2.19. The number of hydrogen-bond donors (Lipinski definition) is 0. The molecular formula is C10H10O3. The van der Waals surface area contributed by atoms with Gasteiger partial charge in [0.1, 0.15) is 0 Å². The molecule has 2 rings (SSSR count). The summed E-state index contributed by atoms with van der Waals surface area (Å²) in [6, 6.07) is 9.38. The molecule has 0 N–H and O–H groups in total. The first-order chi connectivity index (χ1) is 6.29. The fourth-order valence-electron chi connectivity index (χ4n) is 1.35. The molecule has 0 radical (unpaired) electrons. The molecule has 0 aromatic heterocycles. The van der Waals surface area contributed by atoms with Crippen LogP contribution in [0.4, 0.5) is 0 Å². The molecule has 1 aliphatic heterocycles. The molecule has 13 heavy (non-hydrogen) atoms. The Balaban J connectivity index is 2.31. The van der Waals surface area contributed by atoms with E-state index in [2.05, 4.69) is 4.74 Å². The number of rotatable bonds is 2. The summed E-state index contributed by atoms with van der Waals surface area (Å²) in [5.74, 6) is -0.321. The maximum absolute atomic E-state index is 11.3.